The van der Waals surface area contributed by atoms with Gasteiger partial charge in [0.2, 0.25) is 10.0 Å². The molecular formula is C14H23NO5S2. The molecule has 126 valence electrons. The van der Waals surface area contributed by atoms with Gasteiger partial charge in [-0.25, -0.2) is 13.1 Å². The lowest BCUT2D eigenvalue weighted by atomic mass is 10.3. The van der Waals surface area contributed by atoms with Gasteiger partial charge in [0.15, 0.2) is 17.6 Å². The Bertz CT molecular complexity index is 570. The van der Waals surface area contributed by atoms with Crippen molar-refractivity contribution in [1.29, 1.82) is 0 Å². The Morgan fingerprint density at radius 3 is 2.82 bits per heavy atom. The highest BCUT2D eigenvalue weighted by Crippen LogP contribution is 2.35. The summed E-state index contributed by atoms with van der Waals surface area (Å²) in [6.45, 7) is 6.51. The topological polar surface area (TPSA) is 73.9 Å². The number of sulfonamides is 1. The monoisotopic (exact) mass is 349 g/mol. The van der Waals surface area contributed by atoms with E-state index in [1.54, 1.807) is 20.8 Å². The first-order valence-corrected chi connectivity index (χ1v) is 9.82. The molecule has 1 aliphatic heterocycles. The molecule has 1 aromatic rings. The first-order chi connectivity index (χ1) is 10.4. The number of thiophene rings is 1. The highest BCUT2D eigenvalue weighted by molar-refractivity contribution is 7.90. The molecule has 0 amide bonds. The van der Waals surface area contributed by atoms with Crippen LogP contribution in [-0.4, -0.2) is 45.6 Å². The van der Waals surface area contributed by atoms with Gasteiger partial charge < -0.3 is 14.2 Å². The molecule has 0 spiro atoms. The summed E-state index contributed by atoms with van der Waals surface area (Å²) >= 11 is 1.53. The van der Waals surface area contributed by atoms with Crippen LogP contribution < -0.4 is 14.2 Å². The third-order valence-corrected chi connectivity index (χ3v) is 6.01. The minimum atomic E-state index is -3.28. The van der Waals surface area contributed by atoms with Gasteiger partial charge in [0.05, 0.1) is 11.9 Å². The summed E-state index contributed by atoms with van der Waals surface area (Å²) in [6.07, 6.45) is 0.294. The van der Waals surface area contributed by atoms with E-state index in [-0.39, 0.29) is 12.1 Å². The Morgan fingerprint density at radius 1 is 1.36 bits per heavy atom. The Kier molecular flexibility index (Phi) is 6.08. The van der Waals surface area contributed by atoms with Crippen molar-refractivity contribution >= 4 is 21.4 Å². The number of ether oxygens (including phenoxy) is 3. The highest BCUT2D eigenvalue weighted by atomic mass is 32.2. The largest absolute Gasteiger partial charge is 0.485 e. The molecule has 1 N–H and O–H groups in total. The first kappa shape index (κ1) is 17.5. The van der Waals surface area contributed by atoms with Crippen molar-refractivity contribution < 1.29 is 22.6 Å². The van der Waals surface area contributed by atoms with E-state index in [1.165, 1.54) is 11.3 Å². The molecule has 0 aromatic carbocycles. The van der Waals surface area contributed by atoms with Gasteiger partial charge in [-0.05, 0) is 27.2 Å². The summed E-state index contributed by atoms with van der Waals surface area (Å²) < 4.78 is 43.3. The SMILES string of the molecule is CC(C)NS(=O)(=O)C(C)CCOCC1COc2cscc2O1. The van der Waals surface area contributed by atoms with E-state index < -0.39 is 15.3 Å². The van der Waals surface area contributed by atoms with Crippen molar-refractivity contribution in [3.05, 3.63) is 10.8 Å². The molecule has 0 fully saturated rings. The standard InChI is InChI=1S/C14H23NO5S2/c1-10(2)15-22(16,17)11(3)4-5-18-6-12-7-19-13-8-21-9-14(13)20-12/h8-12,15H,4-7H2,1-3H3. The van der Waals surface area contributed by atoms with Gasteiger partial charge in [0.1, 0.15) is 6.61 Å². The van der Waals surface area contributed by atoms with E-state index >= 15 is 0 Å². The van der Waals surface area contributed by atoms with Crippen LogP contribution in [0.2, 0.25) is 0 Å². The van der Waals surface area contributed by atoms with Crippen LogP contribution in [0, 0.1) is 0 Å². The van der Waals surface area contributed by atoms with Crippen LogP contribution in [0.4, 0.5) is 0 Å². The minimum absolute atomic E-state index is 0.0963. The number of hydrogen-bond acceptors (Lipinski definition) is 6. The zero-order valence-electron chi connectivity index (χ0n) is 13.1. The fourth-order valence-electron chi connectivity index (χ4n) is 2.01. The molecular weight excluding hydrogens is 326 g/mol. The van der Waals surface area contributed by atoms with Crippen LogP contribution in [0.25, 0.3) is 0 Å². The molecule has 8 heteroatoms. The molecule has 0 bridgehead atoms. The van der Waals surface area contributed by atoms with Gasteiger partial charge in [-0.2, -0.15) is 0 Å². The van der Waals surface area contributed by atoms with Crippen LogP contribution in [0.1, 0.15) is 27.2 Å². The second-order valence-electron chi connectivity index (χ2n) is 5.64. The van der Waals surface area contributed by atoms with Gasteiger partial charge in [-0.3, -0.25) is 0 Å². The van der Waals surface area contributed by atoms with Crippen molar-refractivity contribution in [3.8, 4) is 11.5 Å². The van der Waals surface area contributed by atoms with Crippen LogP contribution in [0.15, 0.2) is 10.8 Å². The predicted molar refractivity (Wildman–Crippen MR) is 86.3 cm³/mol. The maximum atomic E-state index is 11.9. The second-order valence-corrected chi connectivity index (χ2v) is 8.52. The highest BCUT2D eigenvalue weighted by Gasteiger charge is 2.23. The third-order valence-electron chi connectivity index (χ3n) is 3.21. The lowest BCUT2D eigenvalue weighted by Crippen LogP contribution is -2.38. The van der Waals surface area contributed by atoms with E-state index in [0.717, 1.165) is 11.5 Å². The summed E-state index contributed by atoms with van der Waals surface area (Å²) in [5.74, 6) is 1.53. The maximum Gasteiger partial charge on any atom is 0.214 e. The molecule has 1 aromatic heterocycles. The maximum absolute atomic E-state index is 11.9. The van der Waals surface area contributed by atoms with E-state index in [4.69, 9.17) is 14.2 Å². The molecule has 2 atom stereocenters. The molecule has 0 radical (unpaired) electrons. The molecule has 1 aliphatic rings. The quantitative estimate of drug-likeness (QED) is 0.727. The summed E-state index contributed by atoms with van der Waals surface area (Å²) in [5, 5.41) is 3.32. The normalized spacial score (nSPS) is 19.4. The predicted octanol–water partition coefficient (Wildman–Crippen LogP) is 2.01. The van der Waals surface area contributed by atoms with Crippen molar-refractivity contribution in [2.24, 2.45) is 0 Å². The van der Waals surface area contributed by atoms with E-state index in [2.05, 4.69) is 4.72 Å². The lowest BCUT2D eigenvalue weighted by Gasteiger charge is -2.24. The molecule has 6 nitrogen and oxygen atoms in total. The number of nitrogens with one attached hydrogen (secondary N) is 1. The Labute approximate surface area is 135 Å². The zero-order valence-corrected chi connectivity index (χ0v) is 14.7. The number of hydrogen-bond donors (Lipinski definition) is 1. The number of rotatable bonds is 8. The van der Waals surface area contributed by atoms with Crippen molar-refractivity contribution in [2.75, 3.05) is 19.8 Å². The lowest BCUT2D eigenvalue weighted by molar-refractivity contribution is 0.00887. The second kappa shape index (κ2) is 7.63. The van der Waals surface area contributed by atoms with Crippen LogP contribution in [-0.2, 0) is 14.8 Å². The van der Waals surface area contributed by atoms with Crippen LogP contribution in [0.5, 0.6) is 11.5 Å². The number of fused-ring (bicyclic) bond motifs is 1. The Balaban J connectivity index is 1.67. The van der Waals surface area contributed by atoms with Gasteiger partial charge in [0.25, 0.3) is 0 Å². The zero-order chi connectivity index (χ0) is 16.2. The smallest absolute Gasteiger partial charge is 0.214 e. The molecule has 0 saturated carbocycles. The Morgan fingerprint density at radius 2 is 2.09 bits per heavy atom. The molecule has 0 saturated heterocycles. The molecule has 22 heavy (non-hydrogen) atoms. The Hall–Kier alpha value is -0.830. The summed E-state index contributed by atoms with van der Waals surface area (Å²) in [5.41, 5.74) is 0. The average molecular weight is 349 g/mol. The average Bonchev–Trinajstić information content (AvgIpc) is 2.89. The van der Waals surface area contributed by atoms with Gasteiger partial charge >= 0.3 is 0 Å². The first-order valence-electron chi connectivity index (χ1n) is 7.33. The van der Waals surface area contributed by atoms with Gasteiger partial charge in [-0.15, -0.1) is 11.3 Å². The van der Waals surface area contributed by atoms with Crippen molar-refractivity contribution in [1.82, 2.24) is 4.72 Å². The van der Waals surface area contributed by atoms with Crippen LogP contribution in [0.3, 0.4) is 0 Å². The van der Waals surface area contributed by atoms with Crippen molar-refractivity contribution in [2.45, 2.75) is 44.6 Å². The summed E-state index contributed by atoms with van der Waals surface area (Å²) in [4.78, 5) is 0. The third kappa shape index (κ3) is 4.84. The summed E-state index contributed by atoms with van der Waals surface area (Å²) in [7, 11) is -3.28. The van der Waals surface area contributed by atoms with E-state index in [1.807, 2.05) is 10.8 Å². The summed E-state index contributed by atoms with van der Waals surface area (Å²) in [6, 6.07) is -0.0963. The van der Waals surface area contributed by atoms with Crippen molar-refractivity contribution in [3.63, 3.8) is 0 Å². The molecule has 2 unspecified atom stereocenters. The van der Waals surface area contributed by atoms with Gasteiger partial charge in [0, 0.05) is 23.4 Å². The fraction of sp³-hybridized carbons (Fsp3) is 0.714. The molecule has 2 rings (SSSR count). The van der Waals surface area contributed by atoms with E-state index in [9.17, 15) is 8.42 Å². The van der Waals surface area contributed by atoms with Gasteiger partial charge in [-0.1, -0.05) is 0 Å². The minimum Gasteiger partial charge on any atom is -0.485 e. The fourth-order valence-corrected chi connectivity index (χ4v) is 3.97. The van der Waals surface area contributed by atoms with Crippen LogP contribution >= 0.6 is 11.3 Å². The molecule has 0 aliphatic carbocycles. The van der Waals surface area contributed by atoms with E-state index in [0.29, 0.717) is 26.2 Å². The molecule has 2 heterocycles.